The van der Waals surface area contributed by atoms with Crippen LogP contribution in [0.25, 0.3) is 0 Å². The molecule has 0 spiro atoms. The zero-order chi connectivity index (χ0) is 11.4. The van der Waals surface area contributed by atoms with Crippen molar-refractivity contribution in [1.82, 2.24) is 5.32 Å². The SMILES string of the molecule is CNC(CC(C)C)C(=O)OC(C)(C)C. The fourth-order valence-corrected chi connectivity index (χ4v) is 1.18. The van der Waals surface area contributed by atoms with E-state index in [1.54, 1.807) is 7.05 Å². The van der Waals surface area contributed by atoms with Gasteiger partial charge in [0.05, 0.1) is 0 Å². The standard InChI is InChI=1S/C11H23NO2/c1-8(2)7-9(12-6)10(13)14-11(3,4)5/h8-9,12H,7H2,1-6H3. The second kappa shape index (κ2) is 5.35. The Morgan fingerprint density at radius 3 is 2.14 bits per heavy atom. The number of carbonyl (C=O) groups excluding carboxylic acids is 1. The molecule has 0 aliphatic rings. The molecule has 0 saturated heterocycles. The Bertz CT molecular complexity index is 182. The molecule has 0 aromatic carbocycles. The molecule has 0 fully saturated rings. The smallest absolute Gasteiger partial charge is 0.323 e. The molecule has 0 aliphatic heterocycles. The fourth-order valence-electron chi connectivity index (χ4n) is 1.18. The van der Waals surface area contributed by atoms with Crippen molar-refractivity contribution in [2.45, 2.75) is 52.7 Å². The maximum absolute atomic E-state index is 11.6. The summed E-state index contributed by atoms with van der Waals surface area (Å²) in [5.74, 6) is 0.327. The summed E-state index contributed by atoms with van der Waals surface area (Å²) in [5, 5.41) is 2.98. The van der Waals surface area contributed by atoms with Crippen LogP contribution in [0.2, 0.25) is 0 Å². The number of rotatable bonds is 4. The summed E-state index contributed by atoms with van der Waals surface area (Å²) < 4.78 is 5.29. The van der Waals surface area contributed by atoms with Crippen LogP contribution in [0.15, 0.2) is 0 Å². The Morgan fingerprint density at radius 2 is 1.86 bits per heavy atom. The second-order valence-corrected chi connectivity index (χ2v) is 5.00. The van der Waals surface area contributed by atoms with E-state index in [2.05, 4.69) is 19.2 Å². The van der Waals surface area contributed by atoms with Crippen molar-refractivity contribution in [2.24, 2.45) is 5.92 Å². The van der Waals surface area contributed by atoms with E-state index >= 15 is 0 Å². The molecule has 1 N–H and O–H groups in total. The first-order chi connectivity index (χ1) is 6.26. The van der Waals surface area contributed by atoms with Crippen LogP contribution in [0.5, 0.6) is 0 Å². The van der Waals surface area contributed by atoms with Crippen molar-refractivity contribution >= 4 is 5.97 Å². The number of hydrogen-bond donors (Lipinski definition) is 1. The van der Waals surface area contributed by atoms with Crippen LogP contribution < -0.4 is 5.32 Å². The average molecular weight is 201 g/mol. The molecule has 0 aromatic rings. The Kier molecular flexibility index (Phi) is 5.13. The van der Waals surface area contributed by atoms with Crippen molar-refractivity contribution in [3.8, 4) is 0 Å². The van der Waals surface area contributed by atoms with Crippen LogP contribution in [-0.4, -0.2) is 24.7 Å². The minimum atomic E-state index is -0.400. The van der Waals surface area contributed by atoms with Gasteiger partial charge in [0.25, 0.3) is 0 Å². The van der Waals surface area contributed by atoms with Crippen molar-refractivity contribution in [3.05, 3.63) is 0 Å². The average Bonchev–Trinajstić information content (AvgIpc) is 1.96. The maximum atomic E-state index is 11.6. The molecule has 0 amide bonds. The lowest BCUT2D eigenvalue weighted by atomic mass is 10.0. The summed E-state index contributed by atoms with van der Waals surface area (Å²) in [6.07, 6.45) is 0.811. The Balaban J connectivity index is 4.18. The monoisotopic (exact) mass is 201 g/mol. The molecule has 0 heterocycles. The van der Waals surface area contributed by atoms with Gasteiger partial charge in [0.15, 0.2) is 0 Å². The summed E-state index contributed by atoms with van der Waals surface area (Å²) >= 11 is 0. The van der Waals surface area contributed by atoms with E-state index < -0.39 is 5.60 Å². The van der Waals surface area contributed by atoms with Gasteiger partial charge in [-0.25, -0.2) is 0 Å². The van der Waals surface area contributed by atoms with Crippen molar-refractivity contribution in [2.75, 3.05) is 7.05 Å². The zero-order valence-corrected chi connectivity index (χ0v) is 10.2. The van der Waals surface area contributed by atoms with Gasteiger partial charge >= 0.3 is 5.97 Å². The number of carbonyl (C=O) groups is 1. The fraction of sp³-hybridized carbons (Fsp3) is 0.909. The number of ether oxygens (including phenoxy) is 1. The van der Waals surface area contributed by atoms with Crippen LogP contribution in [0.1, 0.15) is 41.0 Å². The van der Waals surface area contributed by atoms with Gasteiger partial charge in [-0.1, -0.05) is 13.8 Å². The van der Waals surface area contributed by atoms with Gasteiger partial charge in [-0.05, 0) is 40.2 Å². The Hall–Kier alpha value is -0.570. The highest BCUT2D eigenvalue weighted by molar-refractivity contribution is 5.76. The molecule has 0 bridgehead atoms. The van der Waals surface area contributed by atoms with Gasteiger partial charge in [0, 0.05) is 0 Å². The van der Waals surface area contributed by atoms with Gasteiger partial charge < -0.3 is 10.1 Å². The lowest BCUT2D eigenvalue weighted by molar-refractivity contribution is -0.157. The van der Waals surface area contributed by atoms with Crippen molar-refractivity contribution in [1.29, 1.82) is 0 Å². The molecule has 0 aliphatic carbocycles. The normalized spacial score (nSPS) is 14.2. The minimum absolute atomic E-state index is 0.159. The highest BCUT2D eigenvalue weighted by Crippen LogP contribution is 2.12. The van der Waals surface area contributed by atoms with Crippen molar-refractivity contribution < 1.29 is 9.53 Å². The first-order valence-electron chi connectivity index (χ1n) is 5.16. The molecule has 3 heteroatoms. The van der Waals surface area contributed by atoms with Crippen LogP contribution in [0.3, 0.4) is 0 Å². The predicted octanol–water partition coefficient (Wildman–Crippen LogP) is 1.96. The van der Waals surface area contributed by atoms with E-state index in [1.807, 2.05) is 20.8 Å². The van der Waals surface area contributed by atoms with Crippen molar-refractivity contribution in [3.63, 3.8) is 0 Å². The lowest BCUT2D eigenvalue weighted by Crippen LogP contribution is -2.40. The third-order valence-corrected chi connectivity index (χ3v) is 1.75. The number of nitrogens with one attached hydrogen (secondary N) is 1. The maximum Gasteiger partial charge on any atom is 0.323 e. The number of hydrogen-bond acceptors (Lipinski definition) is 3. The highest BCUT2D eigenvalue weighted by Gasteiger charge is 2.24. The quantitative estimate of drug-likeness (QED) is 0.707. The topological polar surface area (TPSA) is 38.3 Å². The predicted molar refractivity (Wildman–Crippen MR) is 58.1 cm³/mol. The van der Waals surface area contributed by atoms with E-state index in [0.717, 1.165) is 6.42 Å². The van der Waals surface area contributed by atoms with E-state index in [-0.39, 0.29) is 12.0 Å². The molecule has 14 heavy (non-hydrogen) atoms. The molecule has 0 aromatic heterocycles. The van der Waals surface area contributed by atoms with Gasteiger partial charge in [-0.2, -0.15) is 0 Å². The summed E-state index contributed by atoms with van der Waals surface area (Å²) in [6.45, 7) is 9.83. The van der Waals surface area contributed by atoms with Crippen LogP contribution in [0.4, 0.5) is 0 Å². The summed E-state index contributed by atoms with van der Waals surface area (Å²) in [4.78, 5) is 11.6. The van der Waals surface area contributed by atoms with E-state index in [1.165, 1.54) is 0 Å². The summed E-state index contributed by atoms with van der Waals surface area (Å²) in [5.41, 5.74) is -0.400. The number of esters is 1. The molecule has 84 valence electrons. The van der Waals surface area contributed by atoms with Crippen LogP contribution >= 0.6 is 0 Å². The zero-order valence-electron chi connectivity index (χ0n) is 10.2. The molecule has 0 rings (SSSR count). The number of likely N-dealkylation sites (N-methyl/N-ethyl adjacent to an activating group) is 1. The summed E-state index contributed by atoms with van der Waals surface area (Å²) in [6, 6.07) is -0.186. The van der Waals surface area contributed by atoms with Gasteiger partial charge in [0.2, 0.25) is 0 Å². The Morgan fingerprint density at radius 1 is 1.36 bits per heavy atom. The van der Waals surface area contributed by atoms with E-state index in [4.69, 9.17) is 4.74 Å². The highest BCUT2D eigenvalue weighted by atomic mass is 16.6. The van der Waals surface area contributed by atoms with E-state index in [0.29, 0.717) is 5.92 Å². The van der Waals surface area contributed by atoms with Crippen LogP contribution in [-0.2, 0) is 9.53 Å². The Labute approximate surface area is 87.2 Å². The minimum Gasteiger partial charge on any atom is -0.459 e. The van der Waals surface area contributed by atoms with E-state index in [9.17, 15) is 4.79 Å². The lowest BCUT2D eigenvalue weighted by Gasteiger charge is -2.24. The third kappa shape index (κ3) is 5.97. The molecule has 3 nitrogen and oxygen atoms in total. The first-order valence-corrected chi connectivity index (χ1v) is 5.16. The molecule has 1 atom stereocenters. The molecule has 0 saturated carbocycles. The molecular weight excluding hydrogens is 178 g/mol. The summed E-state index contributed by atoms with van der Waals surface area (Å²) in [7, 11) is 1.79. The first kappa shape index (κ1) is 13.4. The van der Waals surface area contributed by atoms with Gasteiger partial charge in [-0.15, -0.1) is 0 Å². The molecular formula is C11H23NO2. The van der Waals surface area contributed by atoms with Gasteiger partial charge in [-0.3, -0.25) is 4.79 Å². The third-order valence-electron chi connectivity index (χ3n) is 1.75. The van der Waals surface area contributed by atoms with Crippen LogP contribution in [0, 0.1) is 5.92 Å². The largest absolute Gasteiger partial charge is 0.459 e. The second-order valence-electron chi connectivity index (χ2n) is 5.00. The molecule has 0 radical (unpaired) electrons. The van der Waals surface area contributed by atoms with Gasteiger partial charge in [0.1, 0.15) is 11.6 Å². The molecule has 1 unspecified atom stereocenters.